The summed E-state index contributed by atoms with van der Waals surface area (Å²) in [7, 11) is 0. The molecule has 6 aromatic carbocycles. The lowest BCUT2D eigenvalue weighted by Gasteiger charge is -2.48. The maximum absolute atomic E-state index is 2.70. The summed E-state index contributed by atoms with van der Waals surface area (Å²) >= 11 is 0. The monoisotopic (exact) mass is 621 g/mol. The van der Waals surface area contributed by atoms with Crippen molar-refractivity contribution in [3.8, 4) is 22.3 Å². The van der Waals surface area contributed by atoms with E-state index in [-0.39, 0.29) is 16.4 Å². The minimum Gasteiger partial charge on any atom is -0.334 e. The maximum Gasteiger partial charge on any atom is 0.0713 e. The number of fused-ring (bicyclic) bond motifs is 6. The van der Waals surface area contributed by atoms with Crippen molar-refractivity contribution in [2.24, 2.45) is 0 Å². The van der Waals surface area contributed by atoms with Crippen LogP contribution in [0.4, 0.5) is 11.4 Å². The lowest BCUT2D eigenvalue weighted by atomic mass is 9.63. The number of rotatable bonds is 4. The third-order valence-electron chi connectivity index (χ3n) is 12.4. The summed E-state index contributed by atoms with van der Waals surface area (Å²) in [6.45, 7) is 5.11. The van der Waals surface area contributed by atoms with Crippen molar-refractivity contribution >= 4 is 11.4 Å². The Morgan fingerprint density at radius 1 is 0.458 bits per heavy atom. The molecular formula is C47H43N. The fraction of sp³-hybridized carbons (Fsp3) is 0.234. The molecule has 1 nitrogen and oxygen atoms in total. The molecule has 3 aliphatic rings. The summed E-state index contributed by atoms with van der Waals surface area (Å²) in [4.78, 5) is 2.70. The second-order valence-electron chi connectivity index (χ2n) is 14.7. The molecule has 0 N–H and O–H groups in total. The zero-order chi connectivity index (χ0) is 32.3. The molecule has 2 atom stereocenters. The van der Waals surface area contributed by atoms with Gasteiger partial charge in [-0.25, -0.2) is 0 Å². The highest BCUT2D eigenvalue weighted by Gasteiger charge is 2.56. The van der Waals surface area contributed by atoms with Crippen molar-refractivity contribution < 1.29 is 0 Å². The van der Waals surface area contributed by atoms with E-state index in [1.54, 1.807) is 0 Å². The molecule has 0 amide bonds. The summed E-state index contributed by atoms with van der Waals surface area (Å²) in [6, 6.07) is 57.1. The molecule has 9 rings (SSSR count). The minimum atomic E-state index is -0.366. The van der Waals surface area contributed by atoms with Gasteiger partial charge >= 0.3 is 0 Å². The largest absolute Gasteiger partial charge is 0.334 e. The van der Waals surface area contributed by atoms with Gasteiger partial charge in [0.25, 0.3) is 0 Å². The maximum atomic E-state index is 2.70. The van der Waals surface area contributed by atoms with Crippen LogP contribution in [-0.4, -0.2) is 5.54 Å². The Balaban J connectivity index is 1.24. The molecule has 0 saturated heterocycles. The van der Waals surface area contributed by atoms with Crippen molar-refractivity contribution in [2.45, 2.75) is 68.7 Å². The zero-order valence-corrected chi connectivity index (χ0v) is 28.1. The molecule has 0 radical (unpaired) electrons. The average Bonchev–Trinajstić information content (AvgIpc) is 3.53. The lowest BCUT2D eigenvalue weighted by Crippen LogP contribution is -2.53. The number of hydrogen-bond donors (Lipinski definition) is 0. The van der Waals surface area contributed by atoms with Gasteiger partial charge in [-0.1, -0.05) is 154 Å². The number of nitrogens with zero attached hydrogens (tertiary/aromatic N) is 1. The van der Waals surface area contributed by atoms with Crippen molar-refractivity contribution in [3.63, 3.8) is 0 Å². The first-order valence-electron chi connectivity index (χ1n) is 17.9. The molecule has 0 bridgehead atoms. The van der Waals surface area contributed by atoms with Crippen LogP contribution >= 0.6 is 0 Å². The molecule has 0 aromatic heterocycles. The highest BCUT2D eigenvalue weighted by Crippen LogP contribution is 2.61. The molecule has 1 aliphatic heterocycles. The van der Waals surface area contributed by atoms with Crippen LogP contribution < -0.4 is 4.90 Å². The third-order valence-corrected chi connectivity index (χ3v) is 12.4. The normalized spacial score (nSPS) is 22.2. The molecule has 6 aromatic rings. The van der Waals surface area contributed by atoms with Gasteiger partial charge in [0.1, 0.15) is 0 Å². The van der Waals surface area contributed by atoms with Gasteiger partial charge in [-0.05, 0) is 100 Å². The van der Waals surface area contributed by atoms with Gasteiger partial charge in [-0.15, -0.1) is 0 Å². The third kappa shape index (κ3) is 4.03. The predicted octanol–water partition coefficient (Wildman–Crippen LogP) is 12.2. The summed E-state index contributed by atoms with van der Waals surface area (Å²) in [5.41, 5.74) is 14.5. The highest BCUT2D eigenvalue weighted by atomic mass is 15.2. The Morgan fingerprint density at radius 3 is 1.73 bits per heavy atom. The van der Waals surface area contributed by atoms with E-state index in [1.165, 1.54) is 100.0 Å². The molecule has 48 heavy (non-hydrogen) atoms. The van der Waals surface area contributed by atoms with E-state index in [2.05, 4.69) is 170 Å². The van der Waals surface area contributed by atoms with Crippen LogP contribution in [0.25, 0.3) is 22.3 Å². The first-order valence-corrected chi connectivity index (χ1v) is 17.9. The second kappa shape index (κ2) is 11.1. The Labute approximate surface area is 285 Å². The molecular weight excluding hydrogens is 579 g/mol. The van der Waals surface area contributed by atoms with Crippen LogP contribution in [0.5, 0.6) is 0 Å². The smallest absolute Gasteiger partial charge is 0.0713 e. The van der Waals surface area contributed by atoms with E-state index in [0.29, 0.717) is 0 Å². The highest BCUT2D eigenvalue weighted by molar-refractivity contribution is 5.89. The fourth-order valence-corrected chi connectivity index (χ4v) is 9.88. The van der Waals surface area contributed by atoms with E-state index in [0.717, 1.165) is 0 Å². The van der Waals surface area contributed by atoms with Crippen LogP contribution in [-0.2, 0) is 10.8 Å². The fourth-order valence-electron chi connectivity index (χ4n) is 9.88. The van der Waals surface area contributed by atoms with Gasteiger partial charge in [-0.3, -0.25) is 0 Å². The van der Waals surface area contributed by atoms with E-state index < -0.39 is 0 Å². The van der Waals surface area contributed by atoms with Gasteiger partial charge < -0.3 is 4.90 Å². The van der Waals surface area contributed by atoms with E-state index in [4.69, 9.17) is 0 Å². The molecule has 1 fully saturated rings. The quantitative estimate of drug-likeness (QED) is 0.189. The number of para-hydroxylation sites is 1. The lowest BCUT2D eigenvalue weighted by molar-refractivity contribution is 0.218. The van der Waals surface area contributed by atoms with Gasteiger partial charge in [0.15, 0.2) is 0 Å². The number of anilines is 2. The SMILES string of the molecule is CC12CCCCCCC1(C)N(c1ccccc1)c1ccc(-c3ccc4c(c3)-c3ccccc3C4(c3ccccc3)c3ccccc3)cc12. The van der Waals surface area contributed by atoms with E-state index in [1.807, 2.05) is 0 Å². The first-order chi connectivity index (χ1) is 23.6. The van der Waals surface area contributed by atoms with Crippen molar-refractivity contribution in [1.82, 2.24) is 0 Å². The Morgan fingerprint density at radius 2 is 1.02 bits per heavy atom. The van der Waals surface area contributed by atoms with Crippen LogP contribution in [0.15, 0.2) is 152 Å². The second-order valence-corrected chi connectivity index (χ2v) is 14.7. The van der Waals surface area contributed by atoms with E-state index in [9.17, 15) is 0 Å². The number of benzene rings is 6. The van der Waals surface area contributed by atoms with Crippen LogP contribution in [0.1, 0.15) is 80.2 Å². The minimum absolute atomic E-state index is 0.0254. The van der Waals surface area contributed by atoms with Crippen LogP contribution in [0, 0.1) is 0 Å². The summed E-state index contributed by atoms with van der Waals surface area (Å²) in [6.07, 6.45) is 7.66. The van der Waals surface area contributed by atoms with Crippen molar-refractivity contribution in [3.05, 3.63) is 179 Å². The van der Waals surface area contributed by atoms with Gasteiger partial charge in [0.2, 0.25) is 0 Å². The van der Waals surface area contributed by atoms with E-state index >= 15 is 0 Å². The topological polar surface area (TPSA) is 3.24 Å². The Kier molecular flexibility index (Phi) is 6.77. The van der Waals surface area contributed by atoms with Gasteiger partial charge in [0, 0.05) is 16.8 Å². The van der Waals surface area contributed by atoms with Gasteiger partial charge in [-0.2, -0.15) is 0 Å². The Hall–Kier alpha value is -4.88. The van der Waals surface area contributed by atoms with Crippen LogP contribution in [0.2, 0.25) is 0 Å². The molecule has 0 spiro atoms. The average molecular weight is 622 g/mol. The zero-order valence-electron chi connectivity index (χ0n) is 28.1. The molecule has 2 aliphatic carbocycles. The summed E-state index contributed by atoms with van der Waals surface area (Å²) in [5.74, 6) is 0. The van der Waals surface area contributed by atoms with Gasteiger partial charge in [0.05, 0.1) is 11.0 Å². The molecule has 236 valence electrons. The summed E-state index contributed by atoms with van der Waals surface area (Å²) in [5, 5.41) is 0. The predicted molar refractivity (Wildman–Crippen MR) is 201 cm³/mol. The first kappa shape index (κ1) is 29.3. The summed E-state index contributed by atoms with van der Waals surface area (Å²) < 4.78 is 0. The molecule has 2 unspecified atom stereocenters. The van der Waals surface area contributed by atoms with Crippen LogP contribution in [0.3, 0.4) is 0 Å². The molecule has 1 heterocycles. The molecule has 1 heteroatoms. The van der Waals surface area contributed by atoms with Crippen molar-refractivity contribution in [1.29, 1.82) is 0 Å². The standard InChI is InChI=1S/C47H43N/c1-45-30-16-3-4-17-31-46(45,2)48(38-22-12-7-13-23-38)44-29-27-35(33-43(44)45)34-26-28-42-40(32-34)39-24-14-15-25-41(39)47(42,36-18-8-5-9-19-36)37-20-10-6-11-21-37/h5-15,18-29,32-33H,3-4,16-17,30-31H2,1-2H3. The Bertz CT molecular complexity index is 2070. The number of hydrogen-bond acceptors (Lipinski definition) is 1. The molecule has 1 saturated carbocycles. The van der Waals surface area contributed by atoms with Crippen molar-refractivity contribution in [2.75, 3.05) is 4.90 Å².